The summed E-state index contributed by atoms with van der Waals surface area (Å²) >= 11 is 7.34. The van der Waals surface area contributed by atoms with E-state index in [1.807, 2.05) is 5.38 Å². The Bertz CT molecular complexity index is 498. The third kappa shape index (κ3) is 3.21. The Morgan fingerprint density at radius 3 is 2.61 bits per heavy atom. The lowest BCUT2D eigenvalue weighted by molar-refractivity contribution is 0.627. The first kappa shape index (κ1) is 13.3. The van der Waals surface area contributed by atoms with E-state index in [1.165, 1.54) is 12.1 Å². The van der Waals surface area contributed by atoms with Crippen LogP contribution < -0.4 is 4.90 Å². The van der Waals surface area contributed by atoms with Gasteiger partial charge in [-0.15, -0.1) is 22.9 Å². The summed E-state index contributed by atoms with van der Waals surface area (Å²) < 4.78 is 12.9. The van der Waals surface area contributed by atoms with Crippen molar-refractivity contribution in [1.82, 2.24) is 4.98 Å². The summed E-state index contributed by atoms with van der Waals surface area (Å²) in [5, 5.41) is 3.00. The number of anilines is 1. The van der Waals surface area contributed by atoms with Gasteiger partial charge in [-0.1, -0.05) is 0 Å². The Labute approximate surface area is 115 Å². The first-order valence-corrected chi connectivity index (χ1v) is 7.14. The molecule has 0 unspecified atom stereocenters. The average Bonchev–Trinajstić information content (AvgIpc) is 2.85. The Kier molecular flexibility index (Phi) is 4.55. The Balaban J connectivity index is 2.11. The van der Waals surface area contributed by atoms with Crippen molar-refractivity contribution in [2.24, 2.45) is 0 Å². The topological polar surface area (TPSA) is 16.1 Å². The molecular weight excluding hydrogens is 271 g/mol. The van der Waals surface area contributed by atoms with Gasteiger partial charge in [-0.25, -0.2) is 9.37 Å². The predicted molar refractivity (Wildman–Crippen MR) is 74.8 cm³/mol. The van der Waals surface area contributed by atoms with Crippen molar-refractivity contribution >= 4 is 28.6 Å². The lowest BCUT2D eigenvalue weighted by Gasteiger charge is -2.21. The maximum Gasteiger partial charge on any atom is 0.123 e. The van der Waals surface area contributed by atoms with Crippen LogP contribution in [0.5, 0.6) is 0 Å². The molecule has 1 aromatic heterocycles. The van der Waals surface area contributed by atoms with Gasteiger partial charge in [-0.05, 0) is 31.2 Å². The minimum atomic E-state index is -0.214. The third-order valence-electron chi connectivity index (χ3n) is 2.64. The van der Waals surface area contributed by atoms with Crippen molar-refractivity contribution in [1.29, 1.82) is 0 Å². The van der Waals surface area contributed by atoms with Crippen LogP contribution >= 0.6 is 22.9 Å². The van der Waals surface area contributed by atoms with Crippen LogP contribution in [0.1, 0.15) is 17.6 Å². The standard InChI is InChI=1S/C13H14ClFN2S/c1-2-17(12-5-3-10(15)4-6-12)8-13-16-11(7-14)9-18-13/h3-6,9H,2,7-8H2,1H3. The van der Waals surface area contributed by atoms with E-state index in [9.17, 15) is 4.39 Å². The van der Waals surface area contributed by atoms with Gasteiger partial charge in [-0.2, -0.15) is 0 Å². The molecule has 2 rings (SSSR count). The summed E-state index contributed by atoms with van der Waals surface area (Å²) in [4.78, 5) is 6.58. The van der Waals surface area contributed by atoms with Gasteiger partial charge in [-0.3, -0.25) is 0 Å². The van der Waals surface area contributed by atoms with Crippen molar-refractivity contribution in [3.8, 4) is 0 Å². The zero-order valence-electron chi connectivity index (χ0n) is 10.1. The minimum Gasteiger partial charge on any atom is -0.365 e. The Hall–Kier alpha value is -1.13. The quantitative estimate of drug-likeness (QED) is 0.770. The molecule has 2 aromatic rings. The van der Waals surface area contributed by atoms with Crippen LogP contribution in [0.25, 0.3) is 0 Å². The molecule has 96 valence electrons. The number of nitrogens with zero attached hydrogens (tertiary/aromatic N) is 2. The highest BCUT2D eigenvalue weighted by Crippen LogP contribution is 2.20. The van der Waals surface area contributed by atoms with Crippen LogP contribution in [0.4, 0.5) is 10.1 Å². The molecule has 0 spiro atoms. The van der Waals surface area contributed by atoms with Gasteiger partial charge in [0.15, 0.2) is 0 Å². The Morgan fingerprint density at radius 2 is 2.06 bits per heavy atom. The van der Waals surface area contributed by atoms with E-state index >= 15 is 0 Å². The number of rotatable bonds is 5. The molecule has 0 N–H and O–H groups in total. The zero-order valence-corrected chi connectivity index (χ0v) is 11.6. The van der Waals surface area contributed by atoms with E-state index in [0.717, 1.165) is 29.5 Å². The van der Waals surface area contributed by atoms with Crippen LogP contribution in [0.3, 0.4) is 0 Å². The van der Waals surface area contributed by atoms with Crippen molar-refractivity contribution in [3.63, 3.8) is 0 Å². The monoisotopic (exact) mass is 284 g/mol. The van der Waals surface area contributed by atoms with Crippen molar-refractivity contribution in [2.75, 3.05) is 11.4 Å². The maximum atomic E-state index is 12.9. The number of alkyl halides is 1. The molecule has 5 heteroatoms. The SMILES string of the molecule is CCN(Cc1nc(CCl)cs1)c1ccc(F)cc1. The number of thiazole rings is 1. The molecular formula is C13H14ClFN2S. The molecule has 0 atom stereocenters. The second-order valence-corrected chi connectivity index (χ2v) is 5.07. The lowest BCUT2D eigenvalue weighted by Crippen LogP contribution is -2.21. The fourth-order valence-corrected chi connectivity index (χ4v) is 2.72. The predicted octanol–water partition coefficient (Wildman–Crippen LogP) is 4.05. The molecule has 1 aromatic carbocycles. The van der Waals surface area contributed by atoms with E-state index in [4.69, 9.17) is 11.6 Å². The van der Waals surface area contributed by atoms with Crippen LogP contribution in [-0.4, -0.2) is 11.5 Å². The summed E-state index contributed by atoms with van der Waals surface area (Å²) in [6, 6.07) is 6.53. The van der Waals surface area contributed by atoms with E-state index in [-0.39, 0.29) is 5.82 Å². The normalized spacial score (nSPS) is 10.6. The second kappa shape index (κ2) is 6.16. The fourth-order valence-electron chi connectivity index (χ4n) is 1.68. The van der Waals surface area contributed by atoms with E-state index in [1.54, 1.807) is 23.5 Å². The molecule has 18 heavy (non-hydrogen) atoms. The van der Waals surface area contributed by atoms with E-state index < -0.39 is 0 Å². The highest BCUT2D eigenvalue weighted by Gasteiger charge is 2.08. The Morgan fingerprint density at radius 1 is 1.33 bits per heavy atom. The highest BCUT2D eigenvalue weighted by atomic mass is 35.5. The maximum absolute atomic E-state index is 12.9. The van der Waals surface area contributed by atoms with Crippen molar-refractivity contribution in [2.45, 2.75) is 19.3 Å². The molecule has 0 saturated heterocycles. The smallest absolute Gasteiger partial charge is 0.123 e. The highest BCUT2D eigenvalue weighted by molar-refractivity contribution is 7.09. The van der Waals surface area contributed by atoms with Crippen LogP contribution in [0.15, 0.2) is 29.6 Å². The van der Waals surface area contributed by atoms with E-state index in [0.29, 0.717) is 5.88 Å². The summed E-state index contributed by atoms with van der Waals surface area (Å²) in [7, 11) is 0. The first-order chi connectivity index (χ1) is 8.72. The first-order valence-electron chi connectivity index (χ1n) is 5.72. The van der Waals surface area contributed by atoms with Crippen molar-refractivity contribution < 1.29 is 4.39 Å². The molecule has 0 aliphatic carbocycles. The number of benzene rings is 1. The molecule has 1 heterocycles. The van der Waals surface area contributed by atoms with Crippen LogP contribution in [0, 0.1) is 5.82 Å². The van der Waals surface area contributed by atoms with Gasteiger partial charge in [0.1, 0.15) is 10.8 Å². The summed E-state index contributed by atoms with van der Waals surface area (Å²) in [6.07, 6.45) is 0. The molecule has 0 fully saturated rings. The summed E-state index contributed by atoms with van der Waals surface area (Å²) in [5.41, 5.74) is 1.91. The van der Waals surface area contributed by atoms with E-state index in [2.05, 4.69) is 16.8 Å². The fraction of sp³-hybridized carbons (Fsp3) is 0.308. The number of hydrogen-bond acceptors (Lipinski definition) is 3. The minimum absolute atomic E-state index is 0.214. The molecule has 0 aliphatic rings. The third-order valence-corrected chi connectivity index (χ3v) is 3.79. The lowest BCUT2D eigenvalue weighted by atomic mass is 10.3. The van der Waals surface area contributed by atoms with Gasteiger partial charge in [0.2, 0.25) is 0 Å². The van der Waals surface area contributed by atoms with Crippen molar-refractivity contribution in [3.05, 3.63) is 46.2 Å². The second-order valence-electron chi connectivity index (χ2n) is 3.86. The molecule has 0 bridgehead atoms. The van der Waals surface area contributed by atoms with Gasteiger partial charge >= 0.3 is 0 Å². The zero-order chi connectivity index (χ0) is 13.0. The molecule has 0 aliphatic heterocycles. The molecule has 2 nitrogen and oxygen atoms in total. The molecule has 0 saturated carbocycles. The number of aromatic nitrogens is 1. The largest absolute Gasteiger partial charge is 0.365 e. The van der Waals surface area contributed by atoms with Gasteiger partial charge in [0.25, 0.3) is 0 Å². The van der Waals surface area contributed by atoms with Gasteiger partial charge in [0.05, 0.1) is 18.1 Å². The molecule has 0 radical (unpaired) electrons. The molecule has 0 amide bonds. The van der Waals surface area contributed by atoms with Crippen LogP contribution in [0.2, 0.25) is 0 Å². The average molecular weight is 285 g/mol. The van der Waals surface area contributed by atoms with Gasteiger partial charge < -0.3 is 4.90 Å². The van der Waals surface area contributed by atoms with Gasteiger partial charge in [0, 0.05) is 17.6 Å². The number of halogens is 2. The summed E-state index contributed by atoms with van der Waals surface area (Å²) in [6.45, 7) is 3.64. The van der Waals surface area contributed by atoms with Crippen LogP contribution in [-0.2, 0) is 12.4 Å². The summed E-state index contributed by atoms with van der Waals surface area (Å²) in [5.74, 6) is 0.229. The number of hydrogen-bond donors (Lipinski definition) is 0.